The molecule has 0 aromatic carbocycles. The van der Waals surface area contributed by atoms with E-state index >= 15 is 0 Å². The van der Waals surface area contributed by atoms with Gasteiger partial charge in [0.1, 0.15) is 6.10 Å². The van der Waals surface area contributed by atoms with Gasteiger partial charge in [0.15, 0.2) is 6.10 Å². The topological polar surface area (TPSA) is 105 Å². The second-order valence-corrected chi connectivity index (χ2v) is 4.79. The first-order valence-corrected chi connectivity index (χ1v) is 6.35. The standard InChI is InChI=1S/C12H20N2O5/c1-7(2)14-10(15)5-6-13-11(16)8-3-4-9(19-8)12(17)18/h7-9H,3-6H2,1-2H3,(H,13,16)(H,14,15)(H,17,18). The van der Waals surface area contributed by atoms with Crippen LogP contribution in [0.5, 0.6) is 0 Å². The number of hydrogen-bond acceptors (Lipinski definition) is 4. The smallest absolute Gasteiger partial charge is 0.332 e. The quantitative estimate of drug-likeness (QED) is 0.613. The number of carboxylic acids is 1. The molecule has 1 aliphatic rings. The van der Waals surface area contributed by atoms with E-state index in [9.17, 15) is 14.4 Å². The van der Waals surface area contributed by atoms with Gasteiger partial charge in [-0.05, 0) is 26.7 Å². The van der Waals surface area contributed by atoms with Crippen LogP contribution in [0.2, 0.25) is 0 Å². The minimum atomic E-state index is -1.05. The molecule has 7 heteroatoms. The summed E-state index contributed by atoms with van der Waals surface area (Å²) in [5.41, 5.74) is 0. The van der Waals surface area contributed by atoms with Crippen molar-refractivity contribution >= 4 is 17.8 Å². The molecular weight excluding hydrogens is 252 g/mol. The first-order valence-electron chi connectivity index (χ1n) is 6.35. The van der Waals surface area contributed by atoms with Gasteiger partial charge in [-0.15, -0.1) is 0 Å². The number of amides is 2. The molecule has 1 fully saturated rings. The van der Waals surface area contributed by atoms with E-state index in [1.165, 1.54) is 0 Å². The van der Waals surface area contributed by atoms with Gasteiger partial charge in [-0.2, -0.15) is 0 Å². The molecule has 0 aromatic heterocycles. The lowest BCUT2D eigenvalue weighted by molar-refractivity contribution is -0.151. The number of carbonyl (C=O) groups excluding carboxylic acids is 2. The number of hydrogen-bond donors (Lipinski definition) is 3. The molecule has 2 amide bonds. The molecule has 19 heavy (non-hydrogen) atoms. The van der Waals surface area contributed by atoms with Crippen LogP contribution in [0.25, 0.3) is 0 Å². The third-order valence-electron chi connectivity index (χ3n) is 2.69. The predicted octanol–water partition coefficient (Wildman–Crippen LogP) is -0.350. The molecular formula is C12H20N2O5. The highest BCUT2D eigenvalue weighted by atomic mass is 16.5. The van der Waals surface area contributed by atoms with Crippen molar-refractivity contribution in [3.8, 4) is 0 Å². The van der Waals surface area contributed by atoms with Crippen molar-refractivity contribution in [1.29, 1.82) is 0 Å². The Morgan fingerprint density at radius 3 is 2.42 bits per heavy atom. The van der Waals surface area contributed by atoms with Gasteiger partial charge in [-0.1, -0.05) is 0 Å². The zero-order valence-corrected chi connectivity index (χ0v) is 11.1. The number of ether oxygens (including phenoxy) is 1. The molecule has 0 aromatic rings. The van der Waals surface area contributed by atoms with E-state index in [0.29, 0.717) is 12.8 Å². The van der Waals surface area contributed by atoms with E-state index in [1.807, 2.05) is 13.8 Å². The summed E-state index contributed by atoms with van der Waals surface area (Å²) in [5, 5.41) is 14.0. The molecule has 108 valence electrons. The second-order valence-electron chi connectivity index (χ2n) is 4.79. The van der Waals surface area contributed by atoms with Gasteiger partial charge >= 0.3 is 5.97 Å². The lowest BCUT2D eigenvalue weighted by Crippen LogP contribution is -2.38. The highest BCUT2D eigenvalue weighted by molar-refractivity contribution is 5.83. The van der Waals surface area contributed by atoms with Gasteiger partial charge < -0.3 is 20.5 Å². The minimum Gasteiger partial charge on any atom is -0.479 e. The van der Waals surface area contributed by atoms with Gasteiger partial charge in [0.25, 0.3) is 0 Å². The molecule has 0 saturated carbocycles. The number of carbonyl (C=O) groups is 3. The highest BCUT2D eigenvalue weighted by Crippen LogP contribution is 2.19. The Kier molecular flexibility index (Phi) is 5.75. The normalized spacial score (nSPS) is 22.3. The molecule has 0 spiro atoms. The van der Waals surface area contributed by atoms with Crippen LogP contribution in [0.4, 0.5) is 0 Å². The average Bonchev–Trinajstić information content (AvgIpc) is 2.76. The molecule has 1 heterocycles. The molecule has 0 aliphatic carbocycles. The first kappa shape index (κ1) is 15.4. The summed E-state index contributed by atoms with van der Waals surface area (Å²) < 4.78 is 5.09. The zero-order chi connectivity index (χ0) is 14.4. The Morgan fingerprint density at radius 1 is 1.26 bits per heavy atom. The van der Waals surface area contributed by atoms with Gasteiger partial charge in [-0.3, -0.25) is 9.59 Å². The number of rotatable bonds is 6. The number of aliphatic carboxylic acids is 1. The number of nitrogens with one attached hydrogen (secondary N) is 2. The van der Waals surface area contributed by atoms with E-state index in [4.69, 9.17) is 9.84 Å². The first-order chi connectivity index (χ1) is 8.90. The van der Waals surface area contributed by atoms with Crippen molar-refractivity contribution in [3.63, 3.8) is 0 Å². The zero-order valence-electron chi connectivity index (χ0n) is 11.1. The van der Waals surface area contributed by atoms with E-state index in [2.05, 4.69) is 10.6 Å². The molecule has 7 nitrogen and oxygen atoms in total. The molecule has 2 atom stereocenters. The molecule has 0 radical (unpaired) electrons. The van der Waals surface area contributed by atoms with Gasteiger partial charge in [-0.25, -0.2) is 4.79 Å². The van der Waals surface area contributed by atoms with Crippen molar-refractivity contribution < 1.29 is 24.2 Å². The fraction of sp³-hybridized carbons (Fsp3) is 0.750. The van der Waals surface area contributed by atoms with E-state index in [0.717, 1.165) is 0 Å². The fourth-order valence-corrected chi connectivity index (χ4v) is 1.82. The third kappa shape index (κ3) is 5.25. The Balaban J connectivity index is 2.22. The minimum absolute atomic E-state index is 0.0673. The SMILES string of the molecule is CC(C)NC(=O)CCNC(=O)C1CCC(C(=O)O)O1. The molecule has 2 unspecified atom stereocenters. The molecule has 0 bridgehead atoms. The Bertz CT molecular complexity index is 356. The summed E-state index contributed by atoms with van der Waals surface area (Å²) in [7, 11) is 0. The Hall–Kier alpha value is -1.63. The van der Waals surface area contributed by atoms with Crippen molar-refractivity contribution in [2.45, 2.75) is 51.4 Å². The lowest BCUT2D eigenvalue weighted by atomic mass is 10.2. The Morgan fingerprint density at radius 2 is 1.89 bits per heavy atom. The van der Waals surface area contributed by atoms with Crippen molar-refractivity contribution in [2.24, 2.45) is 0 Å². The summed E-state index contributed by atoms with van der Waals surface area (Å²) in [6.45, 7) is 3.93. The maximum absolute atomic E-state index is 11.7. The predicted molar refractivity (Wildman–Crippen MR) is 66.4 cm³/mol. The van der Waals surface area contributed by atoms with Crippen LogP contribution in [-0.4, -0.2) is 47.7 Å². The third-order valence-corrected chi connectivity index (χ3v) is 2.69. The summed E-state index contributed by atoms with van der Waals surface area (Å²) in [6, 6.07) is 0.0673. The van der Waals surface area contributed by atoms with Gasteiger partial charge in [0.05, 0.1) is 0 Å². The van der Waals surface area contributed by atoms with Crippen LogP contribution in [0, 0.1) is 0 Å². The molecule has 1 saturated heterocycles. The van der Waals surface area contributed by atoms with E-state index in [-0.39, 0.29) is 30.8 Å². The molecule has 1 rings (SSSR count). The number of carboxylic acid groups (broad SMARTS) is 1. The molecule has 1 aliphatic heterocycles. The summed E-state index contributed by atoms with van der Waals surface area (Å²) in [6.07, 6.45) is -0.712. The van der Waals surface area contributed by atoms with Crippen LogP contribution in [0.1, 0.15) is 33.1 Å². The maximum Gasteiger partial charge on any atom is 0.332 e. The van der Waals surface area contributed by atoms with Crippen LogP contribution < -0.4 is 10.6 Å². The van der Waals surface area contributed by atoms with Crippen LogP contribution >= 0.6 is 0 Å². The molecule has 3 N–H and O–H groups in total. The van der Waals surface area contributed by atoms with Crippen molar-refractivity contribution in [2.75, 3.05) is 6.54 Å². The van der Waals surface area contributed by atoms with Crippen LogP contribution in [-0.2, 0) is 19.1 Å². The van der Waals surface area contributed by atoms with Gasteiger partial charge in [0, 0.05) is 19.0 Å². The highest BCUT2D eigenvalue weighted by Gasteiger charge is 2.34. The Labute approximate surface area is 111 Å². The van der Waals surface area contributed by atoms with E-state index in [1.54, 1.807) is 0 Å². The fourth-order valence-electron chi connectivity index (χ4n) is 1.82. The summed E-state index contributed by atoms with van der Waals surface area (Å²) in [5.74, 6) is -1.54. The summed E-state index contributed by atoms with van der Waals surface area (Å²) in [4.78, 5) is 33.6. The van der Waals surface area contributed by atoms with E-state index < -0.39 is 18.2 Å². The average molecular weight is 272 g/mol. The van der Waals surface area contributed by atoms with Crippen LogP contribution in [0.3, 0.4) is 0 Å². The summed E-state index contributed by atoms with van der Waals surface area (Å²) >= 11 is 0. The maximum atomic E-state index is 11.7. The van der Waals surface area contributed by atoms with Gasteiger partial charge in [0.2, 0.25) is 11.8 Å². The monoisotopic (exact) mass is 272 g/mol. The van der Waals surface area contributed by atoms with Crippen molar-refractivity contribution in [3.05, 3.63) is 0 Å². The lowest BCUT2D eigenvalue weighted by Gasteiger charge is -2.12. The second kappa shape index (κ2) is 7.08. The largest absolute Gasteiger partial charge is 0.479 e. The van der Waals surface area contributed by atoms with Crippen molar-refractivity contribution in [1.82, 2.24) is 10.6 Å². The van der Waals surface area contributed by atoms with Crippen LogP contribution in [0.15, 0.2) is 0 Å².